The molecule has 18 heavy (non-hydrogen) atoms. The van der Waals surface area contributed by atoms with E-state index in [1.54, 1.807) is 4.90 Å². The molecule has 2 heterocycles. The summed E-state index contributed by atoms with van der Waals surface area (Å²) in [4.78, 5) is 28.3. The maximum absolute atomic E-state index is 12.5. The molecule has 4 heteroatoms. The highest BCUT2D eigenvalue weighted by atomic mass is 16.2. The minimum atomic E-state index is -0.130. The predicted octanol–water partition coefficient (Wildman–Crippen LogP) is 1.54. The van der Waals surface area contributed by atoms with Crippen LogP contribution in [0.3, 0.4) is 0 Å². The molecule has 3 aliphatic rings. The molecular formula is C14H22N2O2. The van der Waals surface area contributed by atoms with Crippen molar-refractivity contribution in [1.82, 2.24) is 9.80 Å². The summed E-state index contributed by atoms with van der Waals surface area (Å²) in [7, 11) is 0. The Bertz CT molecular complexity index is 348. The van der Waals surface area contributed by atoms with Crippen LogP contribution >= 0.6 is 0 Å². The van der Waals surface area contributed by atoms with Crippen molar-refractivity contribution >= 4 is 11.8 Å². The van der Waals surface area contributed by atoms with Gasteiger partial charge in [-0.3, -0.25) is 9.59 Å². The summed E-state index contributed by atoms with van der Waals surface area (Å²) >= 11 is 0. The summed E-state index contributed by atoms with van der Waals surface area (Å²) < 4.78 is 0. The Labute approximate surface area is 108 Å². The lowest BCUT2D eigenvalue weighted by Crippen LogP contribution is -2.59. The highest BCUT2D eigenvalue weighted by Crippen LogP contribution is 2.29. The molecule has 1 aliphatic carbocycles. The first-order valence-corrected chi connectivity index (χ1v) is 7.37. The molecule has 0 radical (unpaired) electrons. The number of nitrogens with zero attached hydrogens (tertiary/aromatic N) is 2. The van der Waals surface area contributed by atoms with Crippen LogP contribution in [-0.4, -0.2) is 46.8 Å². The lowest BCUT2D eigenvalue weighted by molar-refractivity contribution is -0.156. The van der Waals surface area contributed by atoms with E-state index in [4.69, 9.17) is 0 Å². The Morgan fingerprint density at radius 2 is 1.56 bits per heavy atom. The Balaban J connectivity index is 1.75. The van der Waals surface area contributed by atoms with Gasteiger partial charge in [0.25, 0.3) is 0 Å². The average Bonchev–Trinajstić information content (AvgIpc) is 2.71. The Morgan fingerprint density at radius 1 is 0.833 bits per heavy atom. The van der Waals surface area contributed by atoms with E-state index in [1.165, 1.54) is 25.7 Å². The summed E-state index contributed by atoms with van der Waals surface area (Å²) in [5, 5.41) is 0. The summed E-state index contributed by atoms with van der Waals surface area (Å²) in [5.41, 5.74) is 0. The van der Waals surface area contributed by atoms with Crippen molar-refractivity contribution in [2.75, 3.05) is 13.1 Å². The van der Waals surface area contributed by atoms with Crippen LogP contribution in [0.2, 0.25) is 0 Å². The van der Waals surface area contributed by atoms with Crippen molar-refractivity contribution in [2.45, 2.75) is 63.5 Å². The highest BCUT2D eigenvalue weighted by Gasteiger charge is 2.43. The van der Waals surface area contributed by atoms with E-state index in [2.05, 4.69) is 0 Å². The molecule has 4 nitrogen and oxygen atoms in total. The van der Waals surface area contributed by atoms with Crippen molar-refractivity contribution in [2.24, 2.45) is 0 Å². The third kappa shape index (κ3) is 2.02. The van der Waals surface area contributed by atoms with Gasteiger partial charge in [-0.05, 0) is 25.7 Å². The smallest absolute Gasteiger partial charge is 0.246 e. The summed E-state index contributed by atoms with van der Waals surface area (Å²) in [6.45, 7) is 1.12. The molecule has 1 unspecified atom stereocenters. The fourth-order valence-electron chi connectivity index (χ4n) is 3.71. The zero-order chi connectivity index (χ0) is 12.5. The maximum Gasteiger partial charge on any atom is 0.246 e. The number of hydrogen-bond acceptors (Lipinski definition) is 2. The van der Waals surface area contributed by atoms with E-state index < -0.39 is 0 Å². The van der Waals surface area contributed by atoms with Gasteiger partial charge >= 0.3 is 0 Å². The van der Waals surface area contributed by atoms with Crippen LogP contribution in [-0.2, 0) is 9.59 Å². The van der Waals surface area contributed by atoms with Crippen LogP contribution in [0, 0.1) is 0 Å². The van der Waals surface area contributed by atoms with E-state index in [-0.39, 0.29) is 17.9 Å². The number of rotatable bonds is 1. The molecule has 1 atom stereocenters. The summed E-state index contributed by atoms with van der Waals surface area (Å²) in [6, 6.07) is 0.196. The first-order chi connectivity index (χ1) is 8.77. The Kier molecular flexibility index (Phi) is 3.27. The van der Waals surface area contributed by atoms with Crippen LogP contribution in [0.5, 0.6) is 0 Å². The van der Waals surface area contributed by atoms with Crippen molar-refractivity contribution in [1.29, 1.82) is 0 Å². The number of carbonyl (C=O) groups is 2. The highest BCUT2D eigenvalue weighted by molar-refractivity contribution is 5.95. The molecule has 2 saturated heterocycles. The summed E-state index contributed by atoms with van der Waals surface area (Å²) in [6.07, 6.45) is 9.00. The van der Waals surface area contributed by atoms with Gasteiger partial charge in [0.1, 0.15) is 12.6 Å². The number of piperazine rings is 1. The second kappa shape index (κ2) is 4.90. The minimum Gasteiger partial charge on any atom is -0.329 e. The first-order valence-electron chi connectivity index (χ1n) is 7.37. The van der Waals surface area contributed by atoms with Gasteiger partial charge in [-0.1, -0.05) is 25.7 Å². The van der Waals surface area contributed by atoms with Gasteiger partial charge in [-0.25, -0.2) is 0 Å². The molecule has 1 saturated carbocycles. The topological polar surface area (TPSA) is 40.6 Å². The molecule has 2 aliphatic heterocycles. The third-order valence-corrected chi connectivity index (χ3v) is 4.71. The van der Waals surface area contributed by atoms with E-state index in [1.807, 2.05) is 4.90 Å². The molecule has 0 N–H and O–H groups in total. The molecule has 0 spiro atoms. The van der Waals surface area contributed by atoms with Crippen LogP contribution in [0.1, 0.15) is 51.4 Å². The molecule has 0 aromatic heterocycles. The van der Waals surface area contributed by atoms with Crippen LogP contribution in [0.15, 0.2) is 0 Å². The van der Waals surface area contributed by atoms with E-state index in [9.17, 15) is 9.59 Å². The van der Waals surface area contributed by atoms with Gasteiger partial charge in [0.2, 0.25) is 11.8 Å². The van der Waals surface area contributed by atoms with Gasteiger partial charge in [0.15, 0.2) is 0 Å². The van der Waals surface area contributed by atoms with Crippen molar-refractivity contribution < 1.29 is 9.59 Å². The lowest BCUT2D eigenvalue weighted by Gasteiger charge is -2.40. The Morgan fingerprint density at radius 3 is 2.28 bits per heavy atom. The molecule has 0 aromatic carbocycles. The van der Waals surface area contributed by atoms with Gasteiger partial charge in [-0.15, -0.1) is 0 Å². The van der Waals surface area contributed by atoms with Gasteiger partial charge in [-0.2, -0.15) is 0 Å². The number of hydrogen-bond donors (Lipinski definition) is 0. The Hall–Kier alpha value is -1.06. The number of amides is 2. The zero-order valence-corrected chi connectivity index (χ0v) is 10.9. The van der Waals surface area contributed by atoms with E-state index in [0.29, 0.717) is 12.6 Å². The van der Waals surface area contributed by atoms with Crippen LogP contribution in [0.25, 0.3) is 0 Å². The van der Waals surface area contributed by atoms with Crippen molar-refractivity contribution in [3.63, 3.8) is 0 Å². The minimum absolute atomic E-state index is 0.130. The normalized spacial score (nSPS) is 30.6. The van der Waals surface area contributed by atoms with Crippen molar-refractivity contribution in [3.8, 4) is 0 Å². The third-order valence-electron chi connectivity index (χ3n) is 4.71. The van der Waals surface area contributed by atoms with E-state index in [0.717, 1.165) is 32.2 Å². The van der Waals surface area contributed by atoms with Gasteiger partial charge < -0.3 is 9.80 Å². The SMILES string of the molecule is O=C1C2CCCN2C(=O)CN1C1CCCCCC1. The lowest BCUT2D eigenvalue weighted by atomic mass is 10.0. The molecular weight excluding hydrogens is 228 g/mol. The fourth-order valence-corrected chi connectivity index (χ4v) is 3.71. The molecule has 0 bridgehead atoms. The molecule has 2 amide bonds. The molecule has 3 rings (SSSR count). The monoisotopic (exact) mass is 250 g/mol. The standard InChI is InChI=1S/C14H22N2O2/c17-13-10-16(11-6-3-1-2-4-7-11)14(18)12-8-5-9-15(12)13/h11-12H,1-10H2. The van der Waals surface area contributed by atoms with Gasteiger partial charge in [0, 0.05) is 12.6 Å². The fraction of sp³-hybridized carbons (Fsp3) is 0.857. The number of carbonyl (C=O) groups excluding carboxylic acids is 2. The zero-order valence-electron chi connectivity index (χ0n) is 10.9. The second-order valence-electron chi connectivity index (χ2n) is 5.86. The van der Waals surface area contributed by atoms with Gasteiger partial charge in [0.05, 0.1) is 0 Å². The van der Waals surface area contributed by atoms with Crippen molar-refractivity contribution in [3.05, 3.63) is 0 Å². The van der Waals surface area contributed by atoms with E-state index >= 15 is 0 Å². The quantitative estimate of drug-likeness (QED) is 0.662. The van der Waals surface area contributed by atoms with Crippen LogP contribution in [0.4, 0.5) is 0 Å². The predicted molar refractivity (Wildman–Crippen MR) is 67.9 cm³/mol. The first kappa shape index (κ1) is 12.0. The maximum atomic E-state index is 12.5. The largest absolute Gasteiger partial charge is 0.329 e. The van der Waals surface area contributed by atoms with Crippen LogP contribution < -0.4 is 0 Å². The number of fused-ring (bicyclic) bond motifs is 1. The second-order valence-corrected chi connectivity index (χ2v) is 5.86. The summed E-state index contributed by atoms with van der Waals surface area (Å²) in [5.74, 6) is 0.389. The molecule has 3 fully saturated rings. The average molecular weight is 250 g/mol. The molecule has 0 aromatic rings. The molecule has 100 valence electrons.